The number of imidazole rings is 2. The standard InChI is InChI=1S/C16H18N8O/c1-4-11-17-7-9-23(11)15-20-14(19-13(25)6-3)21-16(22-15)24-10-8-18-12(24)5-2/h6-10H,3-5H2,1-2H3,(H,19,20,21,22,25). The molecule has 3 heterocycles. The molecule has 9 nitrogen and oxygen atoms in total. The summed E-state index contributed by atoms with van der Waals surface area (Å²) in [5, 5.41) is 2.58. The van der Waals surface area contributed by atoms with Gasteiger partial charge in [-0.2, -0.15) is 15.0 Å². The van der Waals surface area contributed by atoms with Crippen molar-refractivity contribution in [2.45, 2.75) is 26.7 Å². The van der Waals surface area contributed by atoms with E-state index in [1.54, 1.807) is 33.9 Å². The number of carbonyl (C=O) groups excluding carboxylic acids is 1. The summed E-state index contributed by atoms with van der Waals surface area (Å²) in [5.41, 5.74) is 0. The zero-order valence-corrected chi connectivity index (χ0v) is 14.0. The maximum Gasteiger partial charge on any atom is 0.250 e. The number of hydrogen-bond donors (Lipinski definition) is 1. The number of amides is 1. The number of nitrogens with zero attached hydrogens (tertiary/aromatic N) is 7. The van der Waals surface area contributed by atoms with Crippen molar-refractivity contribution in [1.82, 2.24) is 34.1 Å². The van der Waals surface area contributed by atoms with Crippen LogP contribution in [0.3, 0.4) is 0 Å². The Labute approximate surface area is 144 Å². The number of nitrogens with one attached hydrogen (secondary N) is 1. The van der Waals surface area contributed by atoms with Gasteiger partial charge in [0.25, 0.3) is 0 Å². The lowest BCUT2D eigenvalue weighted by Gasteiger charge is -2.11. The highest BCUT2D eigenvalue weighted by Gasteiger charge is 2.14. The molecule has 0 aliphatic heterocycles. The molecule has 0 atom stereocenters. The van der Waals surface area contributed by atoms with Gasteiger partial charge < -0.3 is 0 Å². The molecular weight excluding hydrogens is 320 g/mol. The monoisotopic (exact) mass is 338 g/mol. The molecule has 0 aliphatic carbocycles. The van der Waals surface area contributed by atoms with Crippen LogP contribution >= 0.6 is 0 Å². The van der Waals surface area contributed by atoms with E-state index in [9.17, 15) is 4.79 Å². The normalized spacial score (nSPS) is 10.6. The maximum absolute atomic E-state index is 11.7. The minimum absolute atomic E-state index is 0.136. The van der Waals surface area contributed by atoms with Gasteiger partial charge in [0, 0.05) is 37.6 Å². The van der Waals surface area contributed by atoms with Crippen molar-refractivity contribution < 1.29 is 4.79 Å². The maximum atomic E-state index is 11.7. The molecular formula is C16H18N8O. The average Bonchev–Trinajstić information content (AvgIpc) is 3.29. The minimum atomic E-state index is -0.397. The molecule has 0 bridgehead atoms. The van der Waals surface area contributed by atoms with E-state index >= 15 is 0 Å². The third-order valence-corrected chi connectivity index (χ3v) is 3.53. The second-order valence-corrected chi connectivity index (χ2v) is 5.09. The van der Waals surface area contributed by atoms with E-state index in [0.717, 1.165) is 17.7 Å². The molecule has 3 rings (SSSR count). The fraction of sp³-hybridized carbons (Fsp3) is 0.250. The average molecular weight is 338 g/mol. The Balaban J connectivity index is 2.15. The van der Waals surface area contributed by atoms with Crippen LogP contribution in [0.1, 0.15) is 25.5 Å². The topological polar surface area (TPSA) is 103 Å². The summed E-state index contributed by atoms with van der Waals surface area (Å²) >= 11 is 0. The van der Waals surface area contributed by atoms with Gasteiger partial charge in [-0.3, -0.25) is 19.2 Å². The van der Waals surface area contributed by atoms with Crippen molar-refractivity contribution in [2.75, 3.05) is 5.32 Å². The van der Waals surface area contributed by atoms with E-state index in [1.165, 1.54) is 0 Å². The Bertz CT molecular complexity index is 850. The predicted molar refractivity (Wildman–Crippen MR) is 91.7 cm³/mol. The van der Waals surface area contributed by atoms with E-state index in [4.69, 9.17) is 0 Å². The van der Waals surface area contributed by atoms with Crippen LogP contribution in [-0.2, 0) is 17.6 Å². The van der Waals surface area contributed by atoms with Crippen LogP contribution in [0.15, 0.2) is 37.4 Å². The highest BCUT2D eigenvalue weighted by molar-refractivity contribution is 5.97. The van der Waals surface area contributed by atoms with Gasteiger partial charge in [-0.15, -0.1) is 0 Å². The van der Waals surface area contributed by atoms with Crippen LogP contribution in [0.25, 0.3) is 11.9 Å². The Morgan fingerprint density at radius 3 is 2.00 bits per heavy atom. The summed E-state index contributed by atoms with van der Waals surface area (Å²) in [6, 6.07) is 0. The summed E-state index contributed by atoms with van der Waals surface area (Å²) in [5.74, 6) is 2.09. The van der Waals surface area contributed by atoms with Crippen molar-refractivity contribution in [3.05, 3.63) is 49.1 Å². The van der Waals surface area contributed by atoms with Gasteiger partial charge in [-0.05, 0) is 6.08 Å². The summed E-state index contributed by atoms with van der Waals surface area (Å²) in [4.78, 5) is 33.4. The van der Waals surface area contributed by atoms with Gasteiger partial charge in [-0.1, -0.05) is 20.4 Å². The van der Waals surface area contributed by atoms with Gasteiger partial charge in [-0.25, -0.2) is 9.97 Å². The number of anilines is 1. The molecule has 1 amide bonds. The highest BCUT2D eigenvalue weighted by Crippen LogP contribution is 2.13. The molecule has 3 aromatic rings. The van der Waals surface area contributed by atoms with E-state index in [1.807, 2.05) is 13.8 Å². The lowest BCUT2D eigenvalue weighted by atomic mass is 10.4. The lowest BCUT2D eigenvalue weighted by molar-refractivity contribution is -0.111. The van der Waals surface area contributed by atoms with Crippen molar-refractivity contribution in [3.8, 4) is 11.9 Å². The number of hydrogen-bond acceptors (Lipinski definition) is 6. The fourth-order valence-corrected chi connectivity index (χ4v) is 2.34. The molecule has 25 heavy (non-hydrogen) atoms. The lowest BCUT2D eigenvalue weighted by Crippen LogP contribution is -2.17. The molecule has 0 aliphatic rings. The molecule has 0 aromatic carbocycles. The van der Waals surface area contributed by atoms with Crippen LogP contribution < -0.4 is 5.32 Å². The Morgan fingerprint density at radius 2 is 1.56 bits per heavy atom. The first kappa shape index (κ1) is 16.5. The predicted octanol–water partition coefficient (Wildman–Crippen LogP) is 1.49. The van der Waals surface area contributed by atoms with Crippen molar-refractivity contribution in [3.63, 3.8) is 0 Å². The first-order valence-corrected chi connectivity index (χ1v) is 7.91. The first-order chi connectivity index (χ1) is 12.2. The quantitative estimate of drug-likeness (QED) is 0.683. The van der Waals surface area contributed by atoms with E-state index in [0.29, 0.717) is 24.7 Å². The third kappa shape index (κ3) is 3.30. The zero-order chi connectivity index (χ0) is 17.8. The first-order valence-electron chi connectivity index (χ1n) is 7.91. The number of aryl methyl sites for hydroxylation is 2. The molecule has 128 valence electrons. The number of carbonyl (C=O) groups is 1. The van der Waals surface area contributed by atoms with E-state index < -0.39 is 5.91 Å². The van der Waals surface area contributed by atoms with Gasteiger partial charge in [0.05, 0.1) is 0 Å². The number of aromatic nitrogens is 7. The van der Waals surface area contributed by atoms with Gasteiger partial charge in [0.2, 0.25) is 23.8 Å². The van der Waals surface area contributed by atoms with Gasteiger partial charge in [0.1, 0.15) is 11.6 Å². The molecule has 0 fully saturated rings. The van der Waals surface area contributed by atoms with Crippen LogP contribution in [0, 0.1) is 0 Å². The second kappa shape index (κ2) is 7.04. The SMILES string of the molecule is C=CC(=O)Nc1nc(-n2ccnc2CC)nc(-n2ccnc2CC)n1. The molecule has 9 heteroatoms. The van der Waals surface area contributed by atoms with Crippen molar-refractivity contribution >= 4 is 11.9 Å². The fourth-order valence-electron chi connectivity index (χ4n) is 2.34. The second-order valence-electron chi connectivity index (χ2n) is 5.09. The van der Waals surface area contributed by atoms with Crippen LogP contribution in [-0.4, -0.2) is 40.0 Å². The van der Waals surface area contributed by atoms with E-state index in [-0.39, 0.29) is 5.95 Å². The molecule has 0 saturated carbocycles. The Kier molecular flexibility index (Phi) is 4.64. The molecule has 1 N–H and O–H groups in total. The summed E-state index contributed by atoms with van der Waals surface area (Å²) in [6.07, 6.45) is 9.49. The molecule has 3 aromatic heterocycles. The molecule has 0 radical (unpaired) electrons. The summed E-state index contributed by atoms with van der Waals surface area (Å²) in [7, 11) is 0. The summed E-state index contributed by atoms with van der Waals surface area (Å²) in [6.45, 7) is 7.43. The third-order valence-electron chi connectivity index (χ3n) is 3.53. The van der Waals surface area contributed by atoms with Crippen LogP contribution in [0.5, 0.6) is 0 Å². The molecule has 0 unspecified atom stereocenters. The van der Waals surface area contributed by atoms with Crippen molar-refractivity contribution in [1.29, 1.82) is 0 Å². The zero-order valence-electron chi connectivity index (χ0n) is 14.0. The summed E-state index contributed by atoms with van der Waals surface area (Å²) < 4.78 is 3.52. The molecule has 0 saturated heterocycles. The van der Waals surface area contributed by atoms with Gasteiger partial charge >= 0.3 is 0 Å². The van der Waals surface area contributed by atoms with Gasteiger partial charge in [0.15, 0.2) is 0 Å². The van der Waals surface area contributed by atoms with Crippen molar-refractivity contribution in [2.24, 2.45) is 0 Å². The number of rotatable bonds is 6. The minimum Gasteiger partial charge on any atom is -0.291 e. The van der Waals surface area contributed by atoms with Crippen LogP contribution in [0.4, 0.5) is 5.95 Å². The van der Waals surface area contributed by atoms with Crippen LogP contribution in [0.2, 0.25) is 0 Å². The largest absolute Gasteiger partial charge is 0.291 e. The Morgan fingerprint density at radius 1 is 1.04 bits per heavy atom. The van der Waals surface area contributed by atoms with E-state index in [2.05, 4.69) is 36.8 Å². The Hall–Kier alpha value is -3.36. The smallest absolute Gasteiger partial charge is 0.250 e. The highest BCUT2D eigenvalue weighted by atomic mass is 16.1. The molecule has 0 spiro atoms.